The molecule has 8 heteroatoms. The highest BCUT2D eigenvalue weighted by Crippen LogP contribution is 2.49. The monoisotopic (exact) mass is 409 g/mol. The fourth-order valence-electron chi connectivity index (χ4n) is 4.84. The van der Waals surface area contributed by atoms with E-state index in [2.05, 4.69) is 5.32 Å². The van der Waals surface area contributed by atoms with E-state index >= 15 is 0 Å². The summed E-state index contributed by atoms with van der Waals surface area (Å²) in [6.07, 6.45) is 2.43. The van der Waals surface area contributed by atoms with Gasteiger partial charge in [0.2, 0.25) is 6.79 Å². The lowest BCUT2D eigenvalue weighted by Gasteiger charge is -2.41. The van der Waals surface area contributed by atoms with Crippen molar-refractivity contribution in [2.75, 3.05) is 12.1 Å². The Bertz CT molecular complexity index is 1250. The number of allylic oxidation sites excluding steroid dienone is 2. The highest BCUT2D eigenvalue weighted by atomic mass is 16.7. The van der Waals surface area contributed by atoms with Crippen molar-refractivity contribution in [1.29, 1.82) is 0 Å². The molecule has 1 aromatic heterocycles. The third kappa shape index (κ3) is 2.56. The quantitative estimate of drug-likeness (QED) is 0.773. The van der Waals surface area contributed by atoms with E-state index in [4.69, 9.17) is 9.47 Å². The van der Waals surface area contributed by atoms with Gasteiger partial charge in [-0.3, -0.25) is 18.7 Å². The molecule has 2 atom stereocenters. The Morgan fingerprint density at radius 3 is 2.53 bits per heavy atom. The van der Waals surface area contributed by atoms with Crippen LogP contribution in [0.25, 0.3) is 0 Å². The summed E-state index contributed by atoms with van der Waals surface area (Å²) in [6, 6.07) is 5.49. The third-order valence-corrected chi connectivity index (χ3v) is 6.22. The summed E-state index contributed by atoms with van der Waals surface area (Å²) < 4.78 is 13.5. The number of aromatic nitrogens is 2. The van der Waals surface area contributed by atoms with Crippen LogP contribution in [0.4, 0.5) is 5.82 Å². The minimum atomic E-state index is -0.531. The number of nitrogens with one attached hydrogen (secondary N) is 1. The average Bonchev–Trinajstić information content (AvgIpc) is 3.16. The molecule has 3 aliphatic rings. The molecule has 0 saturated carbocycles. The van der Waals surface area contributed by atoms with Crippen LogP contribution in [0, 0.1) is 11.3 Å². The lowest BCUT2D eigenvalue weighted by atomic mass is 9.67. The van der Waals surface area contributed by atoms with E-state index in [1.165, 1.54) is 11.6 Å². The van der Waals surface area contributed by atoms with E-state index in [-0.39, 0.29) is 18.0 Å². The van der Waals surface area contributed by atoms with Gasteiger partial charge in [0.25, 0.3) is 5.56 Å². The Kier molecular flexibility index (Phi) is 3.81. The number of hydrogen-bond acceptors (Lipinski definition) is 6. The van der Waals surface area contributed by atoms with Crippen molar-refractivity contribution in [2.24, 2.45) is 25.4 Å². The molecule has 0 saturated heterocycles. The summed E-state index contributed by atoms with van der Waals surface area (Å²) in [6.45, 7) is 4.15. The number of ketones is 1. The predicted molar refractivity (Wildman–Crippen MR) is 110 cm³/mol. The first-order valence-corrected chi connectivity index (χ1v) is 9.90. The van der Waals surface area contributed by atoms with Crippen LogP contribution < -0.4 is 26.0 Å². The Balaban J connectivity index is 1.82. The fourth-order valence-corrected chi connectivity index (χ4v) is 4.84. The smallest absolute Gasteiger partial charge is 0.332 e. The molecule has 2 aliphatic heterocycles. The second-order valence-corrected chi connectivity index (χ2v) is 8.89. The van der Waals surface area contributed by atoms with Crippen molar-refractivity contribution in [2.45, 2.75) is 26.2 Å². The number of fused-ring (bicyclic) bond motifs is 3. The van der Waals surface area contributed by atoms with Crippen LogP contribution in [0.15, 0.2) is 39.6 Å². The summed E-state index contributed by atoms with van der Waals surface area (Å²) in [7, 11) is 3.08. The molecule has 0 unspecified atom stereocenters. The maximum atomic E-state index is 13.3. The molecule has 0 fully saturated rings. The van der Waals surface area contributed by atoms with Crippen LogP contribution in [-0.2, 0) is 18.9 Å². The molecule has 156 valence electrons. The molecule has 0 amide bonds. The molecule has 0 radical (unpaired) electrons. The van der Waals surface area contributed by atoms with Crippen LogP contribution in [0.2, 0.25) is 0 Å². The SMILES string of the molecule is Cn1c2c(c(=O)n(C)c1=O)[C@H](c1ccc3c(c1)OCO3)[C@H]1C(=O)CC(C)(C)C=C1N2. The molecule has 2 aromatic rings. The number of ether oxygens (including phenoxy) is 2. The normalized spacial score (nSPS) is 23.3. The topological polar surface area (TPSA) is 91.6 Å². The number of nitrogens with zero attached hydrogens (tertiary/aromatic N) is 2. The number of rotatable bonds is 1. The highest BCUT2D eigenvalue weighted by Gasteiger charge is 2.46. The summed E-state index contributed by atoms with van der Waals surface area (Å²) in [5.41, 5.74) is 0.784. The van der Waals surface area contributed by atoms with Gasteiger partial charge in [-0.15, -0.1) is 0 Å². The van der Waals surface area contributed by atoms with Gasteiger partial charge < -0.3 is 14.8 Å². The van der Waals surface area contributed by atoms with E-state index in [0.717, 1.165) is 15.8 Å². The summed E-state index contributed by atoms with van der Waals surface area (Å²) in [4.78, 5) is 39.1. The minimum absolute atomic E-state index is 0.0641. The first-order valence-electron chi connectivity index (χ1n) is 9.90. The van der Waals surface area contributed by atoms with Crippen LogP contribution >= 0.6 is 0 Å². The Hall–Kier alpha value is -3.29. The van der Waals surface area contributed by atoms with Gasteiger partial charge >= 0.3 is 5.69 Å². The third-order valence-electron chi connectivity index (χ3n) is 6.22. The molecule has 3 heterocycles. The van der Waals surface area contributed by atoms with E-state index in [9.17, 15) is 14.4 Å². The van der Waals surface area contributed by atoms with E-state index in [0.29, 0.717) is 29.3 Å². The number of carbonyl (C=O) groups excluding carboxylic acids is 1. The maximum absolute atomic E-state index is 13.3. The van der Waals surface area contributed by atoms with Gasteiger partial charge in [-0.05, 0) is 23.1 Å². The van der Waals surface area contributed by atoms with Crippen LogP contribution in [0.3, 0.4) is 0 Å². The summed E-state index contributed by atoms with van der Waals surface area (Å²) in [5, 5.41) is 3.25. The largest absolute Gasteiger partial charge is 0.454 e. The Morgan fingerprint density at radius 2 is 1.77 bits per heavy atom. The van der Waals surface area contributed by atoms with E-state index in [1.54, 1.807) is 13.1 Å². The van der Waals surface area contributed by atoms with Gasteiger partial charge in [0.15, 0.2) is 11.5 Å². The van der Waals surface area contributed by atoms with Crippen LogP contribution in [0.5, 0.6) is 11.5 Å². The molecule has 1 aromatic carbocycles. The van der Waals surface area contributed by atoms with Crippen molar-refractivity contribution in [3.63, 3.8) is 0 Å². The van der Waals surface area contributed by atoms with Gasteiger partial charge in [-0.1, -0.05) is 26.0 Å². The first-order chi connectivity index (χ1) is 14.2. The number of anilines is 1. The maximum Gasteiger partial charge on any atom is 0.332 e. The lowest BCUT2D eigenvalue weighted by molar-refractivity contribution is -0.124. The van der Waals surface area contributed by atoms with Crippen molar-refractivity contribution in [3.05, 3.63) is 61.9 Å². The van der Waals surface area contributed by atoms with Crippen molar-refractivity contribution in [3.8, 4) is 11.5 Å². The predicted octanol–water partition coefficient (Wildman–Crippen LogP) is 1.87. The Labute approximate surface area is 172 Å². The summed E-state index contributed by atoms with van der Waals surface area (Å²) >= 11 is 0. The molecule has 5 rings (SSSR count). The van der Waals surface area contributed by atoms with Crippen LogP contribution in [0.1, 0.15) is 37.3 Å². The highest BCUT2D eigenvalue weighted by molar-refractivity contribution is 5.90. The van der Waals surface area contributed by atoms with Crippen molar-refractivity contribution in [1.82, 2.24) is 9.13 Å². The standard InChI is InChI=1S/C22H23N3O5/c1-22(2)8-12-17(13(26)9-22)16(11-5-6-14-15(7-11)30-10-29-14)18-19(23-12)24(3)21(28)25(4)20(18)27/h5-8,16-17,23H,9-10H2,1-4H3/t16-,17-/m1/s1. The van der Waals surface area contributed by atoms with Crippen molar-refractivity contribution >= 4 is 11.6 Å². The van der Waals surface area contributed by atoms with Gasteiger partial charge in [-0.25, -0.2) is 4.79 Å². The number of carbonyl (C=O) groups is 1. The zero-order valence-corrected chi connectivity index (χ0v) is 17.3. The number of Topliss-reactive ketones (excluding diaryl/α,β-unsaturated/α-hetero) is 1. The van der Waals surface area contributed by atoms with Gasteiger partial charge in [0.1, 0.15) is 11.6 Å². The fraction of sp³-hybridized carbons (Fsp3) is 0.409. The van der Waals surface area contributed by atoms with Gasteiger partial charge in [-0.2, -0.15) is 0 Å². The average molecular weight is 409 g/mol. The molecule has 1 N–H and O–H groups in total. The molecule has 30 heavy (non-hydrogen) atoms. The molecule has 0 bridgehead atoms. The Morgan fingerprint density at radius 1 is 1.03 bits per heavy atom. The summed E-state index contributed by atoms with van der Waals surface area (Å²) in [5.74, 6) is 0.650. The number of hydrogen-bond donors (Lipinski definition) is 1. The zero-order valence-electron chi connectivity index (χ0n) is 17.3. The molecule has 0 spiro atoms. The lowest BCUT2D eigenvalue weighted by Crippen LogP contribution is -2.47. The van der Waals surface area contributed by atoms with Crippen molar-refractivity contribution < 1.29 is 14.3 Å². The van der Waals surface area contributed by atoms with E-state index in [1.807, 2.05) is 32.1 Å². The van der Waals surface area contributed by atoms with Crippen LogP contribution in [-0.4, -0.2) is 21.7 Å². The molecule has 1 aliphatic carbocycles. The minimum Gasteiger partial charge on any atom is -0.454 e. The number of benzene rings is 1. The zero-order chi connectivity index (χ0) is 21.4. The van der Waals surface area contributed by atoms with Gasteiger partial charge in [0, 0.05) is 32.1 Å². The second-order valence-electron chi connectivity index (χ2n) is 8.89. The van der Waals surface area contributed by atoms with E-state index < -0.39 is 23.1 Å². The van der Waals surface area contributed by atoms with Gasteiger partial charge in [0.05, 0.1) is 11.5 Å². The second kappa shape index (κ2) is 6.10. The molecule has 8 nitrogen and oxygen atoms in total. The molecular formula is C22H23N3O5. The first kappa shape index (κ1) is 18.7. The molecular weight excluding hydrogens is 386 g/mol.